The molecule has 2 heterocycles. The molecule has 3 rings (SSSR count). The lowest BCUT2D eigenvalue weighted by Gasteiger charge is -2.04. The Morgan fingerprint density at radius 2 is 2.10 bits per heavy atom. The Bertz CT molecular complexity index is 814. The van der Waals surface area contributed by atoms with E-state index in [1.54, 1.807) is 12.3 Å². The van der Waals surface area contributed by atoms with Crippen molar-refractivity contribution in [3.8, 4) is 6.07 Å². The summed E-state index contributed by atoms with van der Waals surface area (Å²) < 4.78 is 7.52. The van der Waals surface area contributed by atoms with Gasteiger partial charge in [0.1, 0.15) is 6.07 Å². The molecule has 3 aromatic rings. The average molecular weight is 409 g/mol. The maximum absolute atomic E-state index is 8.90. The van der Waals surface area contributed by atoms with Crippen LogP contribution in [0.1, 0.15) is 5.56 Å². The van der Waals surface area contributed by atoms with Crippen molar-refractivity contribution in [3.63, 3.8) is 0 Å². The van der Waals surface area contributed by atoms with Crippen molar-refractivity contribution in [3.05, 3.63) is 57.9 Å². The number of benzene rings is 1. The highest BCUT2D eigenvalue weighted by Gasteiger charge is 2.10. The zero-order chi connectivity index (χ0) is 14.7. The van der Waals surface area contributed by atoms with Crippen LogP contribution in [-0.2, 0) is 4.33 Å². The number of hydrogen-bond donors (Lipinski definition) is 0. The maximum Gasteiger partial charge on any atom is 0.180 e. The third-order valence-corrected chi connectivity index (χ3v) is 4.13. The van der Waals surface area contributed by atoms with Crippen molar-refractivity contribution in [1.82, 2.24) is 9.71 Å². The fourth-order valence-corrected chi connectivity index (χ4v) is 2.82. The highest BCUT2D eigenvalue weighted by Crippen LogP contribution is 2.23. The van der Waals surface area contributed by atoms with Gasteiger partial charge in [-0.3, -0.25) is 0 Å². The second-order valence-electron chi connectivity index (χ2n) is 4.05. The summed E-state index contributed by atoms with van der Waals surface area (Å²) in [5, 5.41) is 9.75. The quantitative estimate of drug-likeness (QED) is 0.285. The first-order valence-electron chi connectivity index (χ1n) is 5.91. The molecular weight excluding hydrogens is 401 g/mol. The lowest BCUT2D eigenvalue weighted by molar-refractivity contribution is -0.188. The Balaban J connectivity index is 1.77. The summed E-state index contributed by atoms with van der Waals surface area (Å²) >= 11 is 3.28. The summed E-state index contributed by atoms with van der Waals surface area (Å²) in [7, 11) is 0. The molecule has 0 fully saturated rings. The molecule has 0 aliphatic heterocycles. The minimum atomic E-state index is 0.512. The van der Waals surface area contributed by atoms with Gasteiger partial charge in [-0.25, -0.2) is 9.97 Å². The molecule has 0 aliphatic rings. The minimum absolute atomic E-state index is 0.512. The minimum Gasteiger partial charge on any atom is -0.234 e. The number of rotatable bonds is 4. The number of fused-ring (bicyclic) bond motifs is 1. The predicted molar refractivity (Wildman–Crippen MR) is 87.1 cm³/mol. The zero-order valence-corrected chi connectivity index (χ0v) is 13.5. The average Bonchev–Trinajstić information content (AvgIpc) is 2.84. The van der Waals surface area contributed by atoms with Crippen molar-refractivity contribution in [2.24, 2.45) is 0 Å². The SMILES string of the molecule is N#Cc1cnc2c(c1)c(I)cn2OOSc1ccccc1. The molecule has 7 heteroatoms. The summed E-state index contributed by atoms with van der Waals surface area (Å²) in [6.07, 6.45) is 3.26. The van der Waals surface area contributed by atoms with Gasteiger partial charge < -0.3 is 0 Å². The maximum atomic E-state index is 8.90. The molecule has 0 bridgehead atoms. The standard InChI is InChI=1S/C14H8IN3O2S/c15-13-9-18(14-12(13)6-10(7-16)8-17-14)19-20-21-11-4-2-1-3-5-11/h1-6,8-9H. The lowest BCUT2D eigenvalue weighted by atomic mass is 10.2. The van der Waals surface area contributed by atoms with Crippen LogP contribution in [0.15, 0.2) is 53.7 Å². The molecule has 5 nitrogen and oxygen atoms in total. The van der Waals surface area contributed by atoms with Crippen molar-refractivity contribution in [2.45, 2.75) is 4.90 Å². The normalized spacial score (nSPS) is 10.5. The summed E-state index contributed by atoms with van der Waals surface area (Å²) in [4.78, 5) is 10.4. The van der Waals surface area contributed by atoms with Gasteiger partial charge >= 0.3 is 0 Å². The van der Waals surface area contributed by atoms with Gasteiger partial charge in [0, 0.05) is 20.0 Å². The van der Waals surface area contributed by atoms with Crippen LogP contribution >= 0.6 is 34.6 Å². The van der Waals surface area contributed by atoms with Gasteiger partial charge in [0.15, 0.2) is 5.65 Å². The first-order valence-corrected chi connectivity index (χ1v) is 7.73. The lowest BCUT2D eigenvalue weighted by Crippen LogP contribution is -2.07. The molecule has 0 radical (unpaired) electrons. The molecule has 104 valence electrons. The molecule has 0 saturated heterocycles. The fourth-order valence-electron chi connectivity index (χ4n) is 1.72. The molecule has 0 unspecified atom stereocenters. The van der Waals surface area contributed by atoms with E-state index in [0.717, 1.165) is 25.9 Å². The van der Waals surface area contributed by atoms with E-state index in [2.05, 4.69) is 33.6 Å². The van der Waals surface area contributed by atoms with Crippen LogP contribution < -0.4 is 4.99 Å². The highest BCUT2D eigenvalue weighted by atomic mass is 127. The molecule has 0 aliphatic carbocycles. The zero-order valence-electron chi connectivity index (χ0n) is 10.6. The fraction of sp³-hybridized carbons (Fsp3) is 0. The Kier molecular flexibility index (Phi) is 4.28. The van der Waals surface area contributed by atoms with Crippen LogP contribution in [0.2, 0.25) is 0 Å². The Labute approximate surface area is 138 Å². The monoisotopic (exact) mass is 409 g/mol. The molecule has 0 atom stereocenters. The van der Waals surface area contributed by atoms with Gasteiger partial charge in [-0.15, -0.1) is 4.73 Å². The number of halogens is 1. The van der Waals surface area contributed by atoms with Gasteiger partial charge in [0.25, 0.3) is 0 Å². The molecule has 0 saturated carbocycles. The molecule has 2 aromatic heterocycles. The van der Waals surface area contributed by atoms with Gasteiger partial charge in [-0.05, 0) is 40.8 Å². The Morgan fingerprint density at radius 3 is 2.86 bits per heavy atom. The summed E-state index contributed by atoms with van der Waals surface area (Å²) in [6.45, 7) is 0. The van der Waals surface area contributed by atoms with E-state index < -0.39 is 0 Å². The molecule has 1 aromatic carbocycles. The first-order chi connectivity index (χ1) is 10.3. The van der Waals surface area contributed by atoms with Crippen LogP contribution in [0, 0.1) is 14.9 Å². The summed E-state index contributed by atoms with van der Waals surface area (Å²) in [5.74, 6) is 0. The van der Waals surface area contributed by atoms with Gasteiger partial charge in [0.2, 0.25) is 0 Å². The van der Waals surface area contributed by atoms with Crippen molar-refractivity contribution < 1.29 is 9.32 Å². The second-order valence-corrected chi connectivity index (χ2v) is 5.99. The van der Waals surface area contributed by atoms with Crippen molar-refractivity contribution in [2.75, 3.05) is 0 Å². The van der Waals surface area contributed by atoms with E-state index in [9.17, 15) is 0 Å². The van der Waals surface area contributed by atoms with Crippen LogP contribution in [0.5, 0.6) is 0 Å². The molecule has 0 spiro atoms. The van der Waals surface area contributed by atoms with Crippen LogP contribution in [0.25, 0.3) is 11.0 Å². The van der Waals surface area contributed by atoms with Gasteiger partial charge in [0.05, 0.1) is 23.8 Å². The summed E-state index contributed by atoms with van der Waals surface area (Å²) in [5.41, 5.74) is 1.12. The molecule has 0 amide bonds. The largest absolute Gasteiger partial charge is 0.234 e. The Hall–Kier alpha value is -1.76. The molecule has 0 N–H and O–H groups in total. The van der Waals surface area contributed by atoms with E-state index in [-0.39, 0.29) is 0 Å². The van der Waals surface area contributed by atoms with Crippen molar-refractivity contribution >= 4 is 45.7 Å². The van der Waals surface area contributed by atoms with Gasteiger partial charge in [-0.2, -0.15) is 5.26 Å². The van der Waals surface area contributed by atoms with Crippen LogP contribution in [0.4, 0.5) is 0 Å². The summed E-state index contributed by atoms with van der Waals surface area (Å²) in [6, 6.07) is 13.5. The third-order valence-electron chi connectivity index (χ3n) is 2.68. The number of nitriles is 1. The van der Waals surface area contributed by atoms with Crippen LogP contribution in [-0.4, -0.2) is 9.71 Å². The van der Waals surface area contributed by atoms with Crippen LogP contribution in [0.3, 0.4) is 0 Å². The van der Waals surface area contributed by atoms with E-state index in [4.69, 9.17) is 14.6 Å². The first kappa shape index (κ1) is 14.2. The highest BCUT2D eigenvalue weighted by molar-refractivity contribution is 14.1. The van der Waals surface area contributed by atoms with E-state index in [1.165, 1.54) is 10.9 Å². The molecular formula is C14H8IN3O2S. The number of pyridine rings is 1. The topological polar surface area (TPSA) is 60.1 Å². The molecule has 21 heavy (non-hydrogen) atoms. The number of nitrogens with zero attached hydrogens (tertiary/aromatic N) is 3. The number of hydrogen-bond acceptors (Lipinski definition) is 5. The predicted octanol–water partition coefficient (Wildman–Crippen LogP) is 3.58. The van der Waals surface area contributed by atoms with Crippen molar-refractivity contribution in [1.29, 1.82) is 5.26 Å². The third kappa shape index (κ3) is 3.12. The van der Waals surface area contributed by atoms with E-state index in [1.807, 2.05) is 30.3 Å². The van der Waals surface area contributed by atoms with E-state index in [0.29, 0.717) is 11.2 Å². The number of aromatic nitrogens is 2. The smallest absolute Gasteiger partial charge is 0.180 e. The van der Waals surface area contributed by atoms with Gasteiger partial charge in [-0.1, -0.05) is 22.5 Å². The van der Waals surface area contributed by atoms with E-state index >= 15 is 0 Å². The second kappa shape index (κ2) is 6.34. The Morgan fingerprint density at radius 1 is 1.29 bits per heavy atom.